The topological polar surface area (TPSA) is 47.4 Å². The molecule has 7 heteroatoms. The lowest BCUT2D eigenvalue weighted by atomic mass is 10.0. The number of hydrogen-bond acceptors (Lipinski definition) is 3. The van der Waals surface area contributed by atoms with Crippen molar-refractivity contribution in [3.63, 3.8) is 0 Å². The van der Waals surface area contributed by atoms with E-state index in [1.807, 2.05) is 13.1 Å². The molecule has 0 saturated heterocycles. The van der Waals surface area contributed by atoms with Crippen LogP contribution in [0.25, 0.3) is 11.1 Å². The first-order valence-corrected chi connectivity index (χ1v) is 9.72. The number of halogens is 2. The molecule has 1 amide bonds. The van der Waals surface area contributed by atoms with Crippen molar-refractivity contribution in [3.05, 3.63) is 71.6 Å². The van der Waals surface area contributed by atoms with Gasteiger partial charge < -0.3 is 9.64 Å². The molecular weight excluding hydrogens is 388 g/mol. The number of methoxy groups -OCH3 is 1. The van der Waals surface area contributed by atoms with Crippen molar-refractivity contribution in [3.8, 4) is 16.9 Å². The lowest BCUT2D eigenvalue weighted by molar-refractivity contribution is -0.130. The molecular formula is C23H25F2N3O2. The van der Waals surface area contributed by atoms with Crippen LogP contribution >= 0.6 is 0 Å². The third-order valence-corrected chi connectivity index (χ3v) is 4.99. The molecule has 1 heterocycles. The van der Waals surface area contributed by atoms with Crippen molar-refractivity contribution >= 4 is 5.91 Å². The number of benzene rings is 2. The van der Waals surface area contributed by atoms with E-state index in [0.29, 0.717) is 30.7 Å². The third kappa shape index (κ3) is 5.23. The maximum Gasteiger partial charge on any atom is 0.222 e. The van der Waals surface area contributed by atoms with Crippen LogP contribution in [0.5, 0.6) is 5.75 Å². The molecule has 5 nitrogen and oxygen atoms in total. The van der Waals surface area contributed by atoms with Crippen molar-refractivity contribution < 1.29 is 18.3 Å². The zero-order valence-electron chi connectivity index (χ0n) is 17.4. The maximum absolute atomic E-state index is 13.5. The Balaban J connectivity index is 1.53. The number of aryl methyl sites for hydroxylation is 2. The Kier molecular flexibility index (Phi) is 6.82. The summed E-state index contributed by atoms with van der Waals surface area (Å²) in [5.74, 6) is -0.112. The molecule has 0 saturated carbocycles. The van der Waals surface area contributed by atoms with E-state index < -0.39 is 0 Å². The highest BCUT2D eigenvalue weighted by atomic mass is 19.1. The van der Waals surface area contributed by atoms with Gasteiger partial charge in [-0.2, -0.15) is 5.10 Å². The third-order valence-electron chi connectivity index (χ3n) is 4.99. The Morgan fingerprint density at radius 3 is 2.63 bits per heavy atom. The van der Waals surface area contributed by atoms with Crippen LogP contribution in [0.1, 0.15) is 24.0 Å². The first kappa shape index (κ1) is 21.5. The van der Waals surface area contributed by atoms with Gasteiger partial charge in [-0.3, -0.25) is 9.48 Å². The second-order valence-electron chi connectivity index (χ2n) is 7.26. The van der Waals surface area contributed by atoms with E-state index in [4.69, 9.17) is 4.74 Å². The minimum atomic E-state index is -0.363. The first-order valence-electron chi connectivity index (χ1n) is 9.72. The van der Waals surface area contributed by atoms with E-state index in [2.05, 4.69) is 5.10 Å². The molecule has 0 bridgehead atoms. The van der Waals surface area contributed by atoms with Crippen LogP contribution in [0.3, 0.4) is 0 Å². The van der Waals surface area contributed by atoms with Crippen molar-refractivity contribution in [2.75, 3.05) is 14.2 Å². The van der Waals surface area contributed by atoms with Crippen LogP contribution in [-0.2, 0) is 17.9 Å². The highest BCUT2D eigenvalue weighted by Crippen LogP contribution is 2.24. The fraction of sp³-hybridized carbons (Fsp3) is 0.304. The second kappa shape index (κ2) is 9.52. The molecule has 3 aromatic rings. The maximum atomic E-state index is 13.5. The molecule has 1 aromatic heterocycles. The zero-order valence-corrected chi connectivity index (χ0v) is 17.4. The molecule has 158 valence electrons. The lowest BCUT2D eigenvalue weighted by Gasteiger charge is -2.19. The van der Waals surface area contributed by atoms with Crippen LogP contribution in [0, 0.1) is 18.6 Å². The van der Waals surface area contributed by atoms with Crippen LogP contribution < -0.4 is 4.74 Å². The predicted octanol–water partition coefficient (Wildman–Crippen LogP) is 4.58. The van der Waals surface area contributed by atoms with Crippen LogP contribution in [-0.4, -0.2) is 34.7 Å². The largest absolute Gasteiger partial charge is 0.496 e. The Labute approximate surface area is 174 Å². The molecule has 0 unspecified atom stereocenters. The molecule has 0 radical (unpaired) electrons. The molecule has 0 aliphatic carbocycles. The van der Waals surface area contributed by atoms with Gasteiger partial charge in [0.05, 0.1) is 13.3 Å². The van der Waals surface area contributed by atoms with Gasteiger partial charge in [-0.1, -0.05) is 6.07 Å². The summed E-state index contributed by atoms with van der Waals surface area (Å²) >= 11 is 0. The molecule has 0 spiro atoms. The monoisotopic (exact) mass is 413 g/mol. The smallest absolute Gasteiger partial charge is 0.222 e. The Hall–Kier alpha value is -3.22. The number of amides is 1. The van der Waals surface area contributed by atoms with E-state index in [1.165, 1.54) is 31.4 Å². The van der Waals surface area contributed by atoms with E-state index >= 15 is 0 Å². The van der Waals surface area contributed by atoms with E-state index in [0.717, 1.165) is 16.7 Å². The standard InChI is InChI=1S/C23H25F2N3O2/c1-16-11-19(24)6-8-21(16)18-13-26-28(15-18)10-4-5-23(29)27(2)14-17-12-20(25)7-9-22(17)30-3/h6-9,11-13,15H,4-5,10,14H2,1-3H3. The SMILES string of the molecule is COc1ccc(F)cc1CN(C)C(=O)CCCn1cc(-c2ccc(F)cc2C)cn1. The normalized spacial score (nSPS) is 10.8. The minimum Gasteiger partial charge on any atom is -0.496 e. The van der Waals surface area contributed by atoms with Crippen molar-refractivity contribution in [1.82, 2.24) is 14.7 Å². The van der Waals surface area contributed by atoms with E-state index in [9.17, 15) is 13.6 Å². The average molecular weight is 413 g/mol. The molecule has 30 heavy (non-hydrogen) atoms. The summed E-state index contributed by atoms with van der Waals surface area (Å²) < 4.78 is 33.8. The van der Waals surface area contributed by atoms with Gasteiger partial charge in [0.2, 0.25) is 5.91 Å². The number of ether oxygens (including phenoxy) is 1. The van der Waals surface area contributed by atoms with Crippen LogP contribution in [0.4, 0.5) is 8.78 Å². The molecule has 0 N–H and O–H groups in total. The number of carbonyl (C=O) groups excluding carboxylic acids is 1. The lowest BCUT2D eigenvalue weighted by Crippen LogP contribution is -2.26. The highest BCUT2D eigenvalue weighted by molar-refractivity contribution is 5.75. The Morgan fingerprint density at radius 2 is 1.90 bits per heavy atom. The molecule has 0 fully saturated rings. The summed E-state index contributed by atoms with van der Waals surface area (Å²) in [6.07, 6.45) is 4.60. The number of rotatable bonds is 8. The summed E-state index contributed by atoms with van der Waals surface area (Å²) in [5, 5.41) is 4.34. The molecule has 0 aliphatic heterocycles. The van der Waals surface area contributed by atoms with Crippen molar-refractivity contribution in [2.24, 2.45) is 0 Å². The predicted molar refractivity (Wildman–Crippen MR) is 111 cm³/mol. The number of hydrogen-bond donors (Lipinski definition) is 0. The van der Waals surface area contributed by atoms with Crippen molar-refractivity contribution in [2.45, 2.75) is 32.9 Å². The van der Waals surface area contributed by atoms with Crippen molar-refractivity contribution in [1.29, 1.82) is 0 Å². The van der Waals surface area contributed by atoms with Gasteiger partial charge in [0, 0.05) is 43.9 Å². The fourth-order valence-corrected chi connectivity index (χ4v) is 3.37. The number of carbonyl (C=O) groups is 1. The zero-order chi connectivity index (χ0) is 21.7. The summed E-state index contributed by atoms with van der Waals surface area (Å²) in [7, 11) is 3.21. The van der Waals surface area contributed by atoms with Gasteiger partial charge in [-0.25, -0.2) is 8.78 Å². The van der Waals surface area contributed by atoms with Gasteiger partial charge >= 0.3 is 0 Å². The van der Waals surface area contributed by atoms with Gasteiger partial charge in [0.1, 0.15) is 17.4 Å². The average Bonchev–Trinajstić information content (AvgIpc) is 3.16. The fourth-order valence-electron chi connectivity index (χ4n) is 3.37. The molecule has 3 rings (SSSR count). The van der Waals surface area contributed by atoms with Gasteiger partial charge in [0.15, 0.2) is 0 Å². The molecule has 2 aromatic carbocycles. The van der Waals surface area contributed by atoms with Gasteiger partial charge in [-0.15, -0.1) is 0 Å². The van der Waals surface area contributed by atoms with E-state index in [-0.39, 0.29) is 24.1 Å². The summed E-state index contributed by atoms with van der Waals surface area (Å²) in [6.45, 7) is 2.72. The number of aromatic nitrogens is 2. The number of nitrogens with zero attached hydrogens (tertiary/aromatic N) is 3. The van der Waals surface area contributed by atoms with Gasteiger partial charge in [0.25, 0.3) is 0 Å². The summed E-state index contributed by atoms with van der Waals surface area (Å²) in [5.41, 5.74) is 3.32. The van der Waals surface area contributed by atoms with Gasteiger partial charge in [-0.05, 0) is 54.8 Å². The summed E-state index contributed by atoms with van der Waals surface area (Å²) in [4.78, 5) is 14.0. The van der Waals surface area contributed by atoms with Crippen LogP contribution in [0.2, 0.25) is 0 Å². The van der Waals surface area contributed by atoms with Crippen LogP contribution in [0.15, 0.2) is 48.8 Å². The molecule has 0 atom stereocenters. The second-order valence-corrected chi connectivity index (χ2v) is 7.26. The highest BCUT2D eigenvalue weighted by Gasteiger charge is 2.13. The Bertz CT molecular complexity index is 1030. The van der Waals surface area contributed by atoms with E-state index in [1.54, 1.807) is 35.0 Å². The Morgan fingerprint density at radius 1 is 1.17 bits per heavy atom. The quantitative estimate of drug-likeness (QED) is 0.543. The summed E-state index contributed by atoms with van der Waals surface area (Å²) in [6, 6.07) is 8.93. The first-order chi connectivity index (χ1) is 14.4. The molecule has 0 aliphatic rings. The minimum absolute atomic E-state index is 0.0388.